The van der Waals surface area contributed by atoms with Gasteiger partial charge in [0.05, 0.1) is 6.10 Å². The molecule has 1 saturated heterocycles. The van der Waals surface area contributed by atoms with Crippen molar-refractivity contribution in [3.8, 4) is 0 Å². The van der Waals surface area contributed by atoms with Gasteiger partial charge in [-0.15, -0.1) is 0 Å². The molecule has 16 heavy (non-hydrogen) atoms. The van der Waals surface area contributed by atoms with Gasteiger partial charge >= 0.3 is 0 Å². The maximum atomic E-state index is 5.91. The average Bonchev–Trinajstić information content (AvgIpc) is 2.38. The quantitative estimate of drug-likeness (QED) is 0.794. The van der Waals surface area contributed by atoms with Crippen LogP contribution in [-0.2, 0) is 4.74 Å². The minimum Gasteiger partial charge on any atom is -0.380 e. The van der Waals surface area contributed by atoms with Gasteiger partial charge in [0.25, 0.3) is 0 Å². The van der Waals surface area contributed by atoms with E-state index in [1.807, 2.05) is 7.11 Å². The van der Waals surface area contributed by atoms with Crippen LogP contribution in [0, 0.1) is 5.92 Å². The molecule has 1 saturated carbocycles. The highest BCUT2D eigenvalue weighted by Crippen LogP contribution is 2.30. The lowest BCUT2D eigenvalue weighted by Gasteiger charge is -2.43. The van der Waals surface area contributed by atoms with Gasteiger partial charge < -0.3 is 10.5 Å². The number of ether oxygens (including phenoxy) is 1. The van der Waals surface area contributed by atoms with Crippen LogP contribution in [0.4, 0.5) is 0 Å². The predicted molar refractivity (Wildman–Crippen MR) is 66.4 cm³/mol. The first kappa shape index (κ1) is 12.3. The summed E-state index contributed by atoms with van der Waals surface area (Å²) in [5.74, 6) is 0.726. The Balaban J connectivity index is 1.93. The van der Waals surface area contributed by atoms with Crippen molar-refractivity contribution in [3.63, 3.8) is 0 Å². The third kappa shape index (κ3) is 2.76. The van der Waals surface area contributed by atoms with Gasteiger partial charge in [-0.05, 0) is 44.7 Å². The zero-order valence-corrected chi connectivity index (χ0v) is 10.5. The van der Waals surface area contributed by atoms with E-state index in [0.29, 0.717) is 6.10 Å². The van der Waals surface area contributed by atoms with Crippen LogP contribution in [0.15, 0.2) is 0 Å². The molecule has 0 bridgehead atoms. The summed E-state index contributed by atoms with van der Waals surface area (Å²) in [7, 11) is 1.84. The second-order valence-corrected chi connectivity index (χ2v) is 5.34. The molecular weight excluding hydrogens is 200 g/mol. The van der Waals surface area contributed by atoms with E-state index >= 15 is 0 Å². The van der Waals surface area contributed by atoms with Gasteiger partial charge in [-0.3, -0.25) is 4.90 Å². The molecule has 0 amide bonds. The highest BCUT2D eigenvalue weighted by atomic mass is 16.5. The lowest BCUT2D eigenvalue weighted by atomic mass is 9.82. The Labute approximate surface area is 99.3 Å². The number of methoxy groups -OCH3 is 1. The molecule has 1 aliphatic carbocycles. The van der Waals surface area contributed by atoms with Crippen LogP contribution in [0.5, 0.6) is 0 Å². The van der Waals surface area contributed by atoms with E-state index in [1.54, 1.807) is 0 Å². The molecule has 2 rings (SSSR count). The van der Waals surface area contributed by atoms with Crippen molar-refractivity contribution in [1.29, 1.82) is 0 Å². The van der Waals surface area contributed by atoms with Gasteiger partial charge in [-0.25, -0.2) is 0 Å². The minimum atomic E-state index is 0.453. The number of hydrogen-bond acceptors (Lipinski definition) is 3. The van der Waals surface area contributed by atoms with Crippen LogP contribution in [0.3, 0.4) is 0 Å². The Kier molecular flexibility index (Phi) is 4.62. The smallest absolute Gasteiger partial charge is 0.0698 e. The van der Waals surface area contributed by atoms with Crippen molar-refractivity contribution in [2.75, 3.05) is 26.7 Å². The number of hydrogen-bond donors (Lipinski definition) is 1. The summed E-state index contributed by atoms with van der Waals surface area (Å²) in [5, 5.41) is 0. The van der Waals surface area contributed by atoms with Crippen LogP contribution in [0.1, 0.15) is 38.5 Å². The maximum absolute atomic E-state index is 5.91. The van der Waals surface area contributed by atoms with E-state index in [2.05, 4.69) is 4.90 Å². The van der Waals surface area contributed by atoms with Crippen molar-refractivity contribution < 1.29 is 4.74 Å². The molecule has 3 nitrogen and oxygen atoms in total. The number of nitrogens with zero attached hydrogens (tertiary/aromatic N) is 1. The first-order valence-electron chi connectivity index (χ1n) is 6.82. The van der Waals surface area contributed by atoms with E-state index in [4.69, 9.17) is 10.5 Å². The molecule has 0 aromatic carbocycles. The zero-order chi connectivity index (χ0) is 11.4. The summed E-state index contributed by atoms with van der Waals surface area (Å²) in [6.07, 6.45) is 8.40. The molecule has 1 heterocycles. The van der Waals surface area contributed by atoms with Crippen LogP contribution in [0.25, 0.3) is 0 Å². The number of nitrogens with two attached hydrogens (primary N) is 1. The van der Waals surface area contributed by atoms with Crippen molar-refractivity contribution in [2.45, 2.75) is 50.7 Å². The Morgan fingerprint density at radius 1 is 1.19 bits per heavy atom. The predicted octanol–water partition coefficient (Wildman–Crippen LogP) is 1.61. The normalized spacial score (nSPS) is 37.5. The molecule has 1 aliphatic heterocycles. The van der Waals surface area contributed by atoms with Crippen molar-refractivity contribution in [3.05, 3.63) is 0 Å². The topological polar surface area (TPSA) is 38.5 Å². The molecule has 2 N–H and O–H groups in total. The van der Waals surface area contributed by atoms with Gasteiger partial charge in [0.15, 0.2) is 0 Å². The molecule has 0 aromatic rings. The molecule has 0 spiro atoms. The fraction of sp³-hybridized carbons (Fsp3) is 1.00. The van der Waals surface area contributed by atoms with Crippen LogP contribution in [-0.4, -0.2) is 43.8 Å². The average molecular weight is 226 g/mol. The van der Waals surface area contributed by atoms with Gasteiger partial charge in [-0.1, -0.05) is 12.8 Å². The van der Waals surface area contributed by atoms with E-state index in [-0.39, 0.29) is 0 Å². The summed E-state index contributed by atoms with van der Waals surface area (Å²) < 4.78 is 5.51. The number of rotatable bonds is 3. The van der Waals surface area contributed by atoms with Crippen LogP contribution >= 0.6 is 0 Å². The SMILES string of the molecule is COC1CCCN(C2CCCCC2CN)C1. The van der Waals surface area contributed by atoms with Crippen molar-refractivity contribution in [1.82, 2.24) is 4.90 Å². The zero-order valence-electron chi connectivity index (χ0n) is 10.5. The van der Waals surface area contributed by atoms with Gasteiger partial charge in [0, 0.05) is 19.7 Å². The number of piperidine rings is 1. The van der Waals surface area contributed by atoms with E-state index in [1.165, 1.54) is 45.1 Å². The van der Waals surface area contributed by atoms with Crippen LogP contribution < -0.4 is 5.73 Å². The molecule has 3 unspecified atom stereocenters. The third-order valence-electron chi connectivity index (χ3n) is 4.38. The Bertz CT molecular complexity index is 210. The number of likely N-dealkylation sites (tertiary alicyclic amines) is 1. The molecule has 3 heteroatoms. The third-order valence-corrected chi connectivity index (χ3v) is 4.38. The lowest BCUT2D eigenvalue weighted by molar-refractivity contribution is -0.00494. The molecule has 3 atom stereocenters. The fourth-order valence-electron chi connectivity index (χ4n) is 3.40. The van der Waals surface area contributed by atoms with Crippen molar-refractivity contribution in [2.24, 2.45) is 11.7 Å². The minimum absolute atomic E-state index is 0.453. The molecular formula is C13H26N2O. The summed E-state index contributed by atoms with van der Waals surface area (Å²) in [5.41, 5.74) is 5.91. The van der Waals surface area contributed by atoms with Gasteiger partial charge in [0.1, 0.15) is 0 Å². The largest absolute Gasteiger partial charge is 0.380 e. The highest BCUT2D eigenvalue weighted by Gasteiger charge is 2.32. The second-order valence-electron chi connectivity index (χ2n) is 5.34. The Morgan fingerprint density at radius 2 is 2.00 bits per heavy atom. The standard InChI is InChI=1S/C13H26N2O/c1-16-12-6-4-8-15(10-12)13-7-3-2-5-11(13)9-14/h11-13H,2-10,14H2,1H3. The summed E-state index contributed by atoms with van der Waals surface area (Å²) in [6.45, 7) is 3.23. The first-order valence-corrected chi connectivity index (χ1v) is 6.82. The molecule has 2 fully saturated rings. The first-order chi connectivity index (χ1) is 7.85. The lowest BCUT2D eigenvalue weighted by Crippen LogP contribution is -2.50. The molecule has 94 valence electrons. The monoisotopic (exact) mass is 226 g/mol. The highest BCUT2D eigenvalue weighted by molar-refractivity contribution is 4.87. The van der Waals surface area contributed by atoms with E-state index < -0.39 is 0 Å². The van der Waals surface area contributed by atoms with E-state index in [0.717, 1.165) is 25.0 Å². The van der Waals surface area contributed by atoms with Gasteiger partial charge in [0.2, 0.25) is 0 Å². The van der Waals surface area contributed by atoms with Gasteiger partial charge in [-0.2, -0.15) is 0 Å². The van der Waals surface area contributed by atoms with E-state index in [9.17, 15) is 0 Å². The molecule has 0 aromatic heterocycles. The molecule has 0 radical (unpaired) electrons. The fourth-order valence-corrected chi connectivity index (χ4v) is 3.40. The Hall–Kier alpha value is -0.120. The summed E-state index contributed by atoms with van der Waals surface area (Å²) in [4.78, 5) is 2.65. The Morgan fingerprint density at radius 3 is 2.75 bits per heavy atom. The summed E-state index contributed by atoms with van der Waals surface area (Å²) in [6, 6.07) is 0.733. The summed E-state index contributed by atoms with van der Waals surface area (Å²) >= 11 is 0. The van der Waals surface area contributed by atoms with Crippen molar-refractivity contribution >= 4 is 0 Å². The molecule has 2 aliphatic rings. The maximum Gasteiger partial charge on any atom is 0.0698 e. The second kappa shape index (κ2) is 5.99. The van der Waals surface area contributed by atoms with Crippen LogP contribution in [0.2, 0.25) is 0 Å².